The van der Waals surface area contributed by atoms with Gasteiger partial charge in [0.15, 0.2) is 6.10 Å². The Bertz CT molecular complexity index is 744. The molecular weight excluding hydrogens is 308 g/mol. The molecule has 2 aromatic carbocycles. The number of rotatable bonds is 5. The number of carbonyl (C=O) groups excluding carboxylic acids is 3. The molecule has 0 amide bonds. The molecule has 0 N–H and O–H groups in total. The van der Waals surface area contributed by atoms with Crippen molar-refractivity contribution in [1.29, 1.82) is 0 Å². The Kier molecular flexibility index (Phi) is 5.47. The Morgan fingerprint density at radius 3 is 1.75 bits per heavy atom. The topological polar surface area (TPSA) is 69.7 Å². The summed E-state index contributed by atoms with van der Waals surface area (Å²) in [6, 6.07) is 12.9. The number of benzene rings is 2. The van der Waals surface area contributed by atoms with E-state index in [9.17, 15) is 14.4 Å². The number of esters is 2. The average molecular weight is 326 g/mol. The van der Waals surface area contributed by atoms with Gasteiger partial charge in [-0.2, -0.15) is 0 Å². The van der Waals surface area contributed by atoms with Crippen molar-refractivity contribution in [2.75, 3.05) is 7.11 Å². The standard InChI is InChI=1S/C19H18O5/c1-12-4-6-14(7-5-12)17(20)13(2)24-19(22)16-10-8-15(9-11-16)18(21)23-3/h4-11,13H,1-3H3/t13-/m0/s1. The van der Waals surface area contributed by atoms with Crippen LogP contribution < -0.4 is 0 Å². The number of hydrogen-bond acceptors (Lipinski definition) is 5. The van der Waals surface area contributed by atoms with Gasteiger partial charge >= 0.3 is 11.9 Å². The minimum atomic E-state index is -0.902. The van der Waals surface area contributed by atoms with Gasteiger partial charge in [0.05, 0.1) is 18.2 Å². The van der Waals surface area contributed by atoms with Crippen LogP contribution in [0, 0.1) is 6.92 Å². The molecule has 124 valence electrons. The van der Waals surface area contributed by atoms with Crippen molar-refractivity contribution in [3.05, 3.63) is 70.8 Å². The van der Waals surface area contributed by atoms with Gasteiger partial charge in [0, 0.05) is 5.56 Å². The Hall–Kier alpha value is -2.95. The van der Waals surface area contributed by atoms with Crippen LogP contribution in [0.1, 0.15) is 43.6 Å². The molecule has 0 aliphatic rings. The SMILES string of the molecule is COC(=O)c1ccc(C(=O)O[C@@H](C)C(=O)c2ccc(C)cc2)cc1. The van der Waals surface area contributed by atoms with Crippen molar-refractivity contribution in [2.24, 2.45) is 0 Å². The molecule has 0 fully saturated rings. The number of hydrogen-bond donors (Lipinski definition) is 0. The van der Waals surface area contributed by atoms with Crippen LogP contribution in [-0.2, 0) is 9.47 Å². The molecule has 0 heterocycles. The van der Waals surface area contributed by atoms with Crippen LogP contribution in [0.15, 0.2) is 48.5 Å². The zero-order valence-electron chi connectivity index (χ0n) is 13.7. The summed E-state index contributed by atoms with van der Waals surface area (Å²) in [4.78, 5) is 35.7. The van der Waals surface area contributed by atoms with E-state index < -0.39 is 18.0 Å². The van der Waals surface area contributed by atoms with Gasteiger partial charge < -0.3 is 9.47 Å². The van der Waals surface area contributed by atoms with E-state index in [4.69, 9.17) is 4.74 Å². The van der Waals surface area contributed by atoms with E-state index in [0.29, 0.717) is 11.1 Å². The second-order valence-corrected chi connectivity index (χ2v) is 5.35. The third-order valence-electron chi connectivity index (χ3n) is 3.53. The number of ether oxygens (including phenoxy) is 2. The third-order valence-corrected chi connectivity index (χ3v) is 3.53. The molecule has 1 atom stereocenters. The summed E-state index contributed by atoms with van der Waals surface area (Å²) in [5.41, 5.74) is 2.12. The number of ketones is 1. The molecule has 5 heteroatoms. The summed E-state index contributed by atoms with van der Waals surface area (Å²) in [5, 5.41) is 0. The lowest BCUT2D eigenvalue weighted by molar-refractivity contribution is 0.0318. The maximum Gasteiger partial charge on any atom is 0.338 e. The lowest BCUT2D eigenvalue weighted by atomic mass is 10.1. The molecular formula is C19H18O5. The van der Waals surface area contributed by atoms with E-state index in [2.05, 4.69) is 4.74 Å². The molecule has 2 rings (SSSR count). The van der Waals surface area contributed by atoms with Crippen LogP contribution in [0.2, 0.25) is 0 Å². The van der Waals surface area contributed by atoms with Gasteiger partial charge in [-0.3, -0.25) is 4.79 Å². The van der Waals surface area contributed by atoms with Crippen LogP contribution in [0.4, 0.5) is 0 Å². The summed E-state index contributed by atoms with van der Waals surface area (Å²) >= 11 is 0. The zero-order chi connectivity index (χ0) is 17.7. The average Bonchev–Trinajstić information content (AvgIpc) is 2.61. The lowest BCUT2D eigenvalue weighted by Gasteiger charge is -2.12. The number of Topliss-reactive ketones (excluding diaryl/α,β-unsaturated/α-hetero) is 1. The summed E-state index contributed by atoms with van der Waals surface area (Å²) < 4.78 is 9.80. The highest BCUT2D eigenvalue weighted by atomic mass is 16.5. The highest BCUT2D eigenvalue weighted by molar-refractivity contribution is 6.01. The first kappa shape index (κ1) is 17.4. The minimum absolute atomic E-state index is 0.256. The van der Waals surface area contributed by atoms with Crippen molar-refractivity contribution in [1.82, 2.24) is 0 Å². The van der Waals surface area contributed by atoms with Gasteiger partial charge in [0.2, 0.25) is 5.78 Å². The van der Waals surface area contributed by atoms with E-state index in [-0.39, 0.29) is 11.3 Å². The fraction of sp³-hybridized carbons (Fsp3) is 0.211. The maximum atomic E-state index is 12.3. The molecule has 0 saturated carbocycles. The van der Waals surface area contributed by atoms with Gasteiger partial charge in [-0.1, -0.05) is 29.8 Å². The maximum absolute atomic E-state index is 12.3. The molecule has 0 spiro atoms. The first-order valence-electron chi connectivity index (χ1n) is 7.42. The first-order valence-corrected chi connectivity index (χ1v) is 7.42. The second kappa shape index (κ2) is 7.55. The van der Waals surface area contributed by atoms with Gasteiger partial charge in [-0.25, -0.2) is 9.59 Å². The minimum Gasteiger partial charge on any atom is -0.465 e. The quantitative estimate of drug-likeness (QED) is 0.623. The fourth-order valence-corrected chi connectivity index (χ4v) is 2.09. The predicted molar refractivity (Wildman–Crippen MR) is 88.2 cm³/mol. The van der Waals surface area contributed by atoms with Gasteiger partial charge in [-0.15, -0.1) is 0 Å². The first-order chi connectivity index (χ1) is 11.4. The lowest BCUT2D eigenvalue weighted by Crippen LogP contribution is -2.24. The van der Waals surface area contributed by atoms with Crippen molar-refractivity contribution in [2.45, 2.75) is 20.0 Å². The van der Waals surface area contributed by atoms with Gasteiger partial charge in [-0.05, 0) is 38.1 Å². The molecule has 0 saturated heterocycles. The van der Waals surface area contributed by atoms with E-state index >= 15 is 0 Å². The monoisotopic (exact) mass is 326 g/mol. The van der Waals surface area contributed by atoms with E-state index in [1.165, 1.54) is 38.3 Å². The Balaban J connectivity index is 2.04. The number of aryl methyl sites for hydroxylation is 1. The van der Waals surface area contributed by atoms with Crippen molar-refractivity contribution < 1.29 is 23.9 Å². The Morgan fingerprint density at radius 1 is 0.792 bits per heavy atom. The molecule has 0 unspecified atom stereocenters. The van der Waals surface area contributed by atoms with Crippen molar-refractivity contribution in [3.8, 4) is 0 Å². The summed E-state index contributed by atoms with van der Waals surface area (Å²) in [6.45, 7) is 3.46. The summed E-state index contributed by atoms with van der Waals surface area (Å²) in [6.07, 6.45) is -0.902. The highest BCUT2D eigenvalue weighted by Crippen LogP contribution is 2.12. The van der Waals surface area contributed by atoms with Gasteiger partial charge in [0.25, 0.3) is 0 Å². The van der Waals surface area contributed by atoms with Crippen LogP contribution >= 0.6 is 0 Å². The predicted octanol–water partition coefficient (Wildman–Crippen LogP) is 3.21. The molecule has 0 bridgehead atoms. The van der Waals surface area contributed by atoms with Gasteiger partial charge in [0.1, 0.15) is 0 Å². The molecule has 0 radical (unpaired) electrons. The van der Waals surface area contributed by atoms with E-state index in [0.717, 1.165) is 5.56 Å². The summed E-state index contributed by atoms with van der Waals surface area (Å²) in [5.74, 6) is -1.38. The molecule has 24 heavy (non-hydrogen) atoms. The molecule has 0 aliphatic heterocycles. The van der Waals surface area contributed by atoms with Crippen LogP contribution in [-0.4, -0.2) is 30.9 Å². The highest BCUT2D eigenvalue weighted by Gasteiger charge is 2.20. The summed E-state index contributed by atoms with van der Waals surface area (Å²) in [7, 11) is 1.28. The zero-order valence-corrected chi connectivity index (χ0v) is 13.7. The third kappa shape index (κ3) is 4.07. The van der Waals surface area contributed by atoms with E-state index in [1.807, 2.05) is 19.1 Å². The fourth-order valence-electron chi connectivity index (χ4n) is 2.09. The van der Waals surface area contributed by atoms with Crippen LogP contribution in [0.3, 0.4) is 0 Å². The molecule has 0 aliphatic carbocycles. The molecule has 2 aromatic rings. The number of methoxy groups -OCH3 is 1. The van der Waals surface area contributed by atoms with E-state index in [1.54, 1.807) is 12.1 Å². The number of carbonyl (C=O) groups is 3. The molecule has 0 aromatic heterocycles. The van der Waals surface area contributed by atoms with Crippen LogP contribution in [0.25, 0.3) is 0 Å². The van der Waals surface area contributed by atoms with Crippen LogP contribution in [0.5, 0.6) is 0 Å². The Labute approximate surface area is 140 Å². The van der Waals surface area contributed by atoms with Crippen molar-refractivity contribution >= 4 is 17.7 Å². The Morgan fingerprint density at radius 2 is 1.25 bits per heavy atom. The molecule has 5 nitrogen and oxygen atoms in total. The van der Waals surface area contributed by atoms with Crippen molar-refractivity contribution in [3.63, 3.8) is 0 Å². The normalized spacial score (nSPS) is 11.5. The second-order valence-electron chi connectivity index (χ2n) is 5.35. The largest absolute Gasteiger partial charge is 0.465 e. The smallest absolute Gasteiger partial charge is 0.338 e.